The molecular weight excluding hydrogens is 336 g/mol. The second kappa shape index (κ2) is 6.75. The van der Waals surface area contributed by atoms with Crippen molar-refractivity contribution in [3.05, 3.63) is 68.7 Å². The molecule has 0 saturated carbocycles. The summed E-state index contributed by atoms with van der Waals surface area (Å²) in [7, 11) is 0. The molecule has 0 aliphatic heterocycles. The summed E-state index contributed by atoms with van der Waals surface area (Å²) < 4.78 is 0.798. The van der Waals surface area contributed by atoms with Crippen molar-refractivity contribution in [1.29, 1.82) is 0 Å². The van der Waals surface area contributed by atoms with Crippen LogP contribution in [0.3, 0.4) is 0 Å². The van der Waals surface area contributed by atoms with Gasteiger partial charge >= 0.3 is 0 Å². The van der Waals surface area contributed by atoms with Crippen molar-refractivity contribution in [2.75, 3.05) is 0 Å². The highest BCUT2D eigenvalue weighted by Gasteiger charge is 2.12. The zero-order chi connectivity index (χ0) is 14.7. The summed E-state index contributed by atoms with van der Waals surface area (Å²) in [6, 6.07) is 13.7. The number of aliphatic hydroxyl groups is 1. The van der Waals surface area contributed by atoms with Gasteiger partial charge in [0.1, 0.15) is 6.10 Å². The maximum atomic E-state index is 10.4. The lowest BCUT2D eigenvalue weighted by Crippen LogP contribution is -2.00. The van der Waals surface area contributed by atoms with Gasteiger partial charge in [0.25, 0.3) is 0 Å². The summed E-state index contributed by atoms with van der Waals surface area (Å²) in [6.07, 6.45) is 0.487. The van der Waals surface area contributed by atoms with Gasteiger partial charge in [-0.1, -0.05) is 55.8 Å². The average Bonchev–Trinajstić information content (AvgIpc) is 2.48. The van der Waals surface area contributed by atoms with Crippen molar-refractivity contribution in [2.24, 2.45) is 0 Å². The summed E-state index contributed by atoms with van der Waals surface area (Å²) >= 11 is 9.36. The molecule has 0 saturated heterocycles. The van der Waals surface area contributed by atoms with Crippen molar-refractivity contribution in [3.63, 3.8) is 0 Å². The first-order valence-electron chi connectivity index (χ1n) is 6.75. The zero-order valence-electron chi connectivity index (χ0n) is 11.6. The maximum absolute atomic E-state index is 10.4. The van der Waals surface area contributed by atoms with Crippen molar-refractivity contribution >= 4 is 27.5 Å². The second-order valence-corrected chi connectivity index (χ2v) is 6.31. The quantitative estimate of drug-likeness (QED) is 0.747. The minimum Gasteiger partial charge on any atom is -0.384 e. The Morgan fingerprint density at radius 2 is 1.60 bits per heavy atom. The molecule has 0 aromatic heterocycles. The van der Waals surface area contributed by atoms with E-state index in [4.69, 9.17) is 11.6 Å². The molecule has 2 aromatic carbocycles. The minimum atomic E-state index is -0.630. The Balaban J connectivity index is 2.24. The smallest absolute Gasteiger partial charge is 0.104 e. The van der Waals surface area contributed by atoms with Crippen LogP contribution in [0.4, 0.5) is 0 Å². The van der Waals surface area contributed by atoms with Crippen LogP contribution in [-0.2, 0) is 0 Å². The maximum Gasteiger partial charge on any atom is 0.104 e. The van der Waals surface area contributed by atoms with E-state index in [-0.39, 0.29) is 0 Å². The number of hydrogen-bond acceptors (Lipinski definition) is 1. The van der Waals surface area contributed by atoms with E-state index in [0.717, 1.165) is 22.0 Å². The largest absolute Gasteiger partial charge is 0.384 e. The molecule has 0 heterocycles. The van der Waals surface area contributed by atoms with E-state index < -0.39 is 6.10 Å². The van der Waals surface area contributed by atoms with Crippen molar-refractivity contribution in [1.82, 2.24) is 0 Å². The lowest BCUT2D eigenvalue weighted by Gasteiger charge is -2.14. The van der Waals surface area contributed by atoms with Crippen LogP contribution in [0.5, 0.6) is 0 Å². The Morgan fingerprint density at radius 1 is 1.05 bits per heavy atom. The molecule has 0 radical (unpaired) electrons. The highest BCUT2D eigenvalue weighted by molar-refractivity contribution is 9.10. The van der Waals surface area contributed by atoms with Gasteiger partial charge in [-0.2, -0.15) is 0 Å². The zero-order valence-corrected chi connectivity index (χ0v) is 13.9. The van der Waals surface area contributed by atoms with Gasteiger partial charge in [0.2, 0.25) is 0 Å². The predicted octanol–water partition coefficient (Wildman–Crippen LogP) is 5.70. The van der Waals surface area contributed by atoms with Crippen LogP contribution in [0.25, 0.3) is 0 Å². The third-order valence-corrected chi connectivity index (χ3v) is 4.91. The molecule has 1 N–H and O–H groups in total. The molecule has 2 rings (SSSR count). The number of halogens is 2. The fourth-order valence-corrected chi connectivity index (χ4v) is 2.63. The van der Waals surface area contributed by atoms with Crippen molar-refractivity contribution in [2.45, 2.75) is 32.3 Å². The van der Waals surface area contributed by atoms with E-state index in [0.29, 0.717) is 10.9 Å². The molecule has 0 amide bonds. The fourth-order valence-electron chi connectivity index (χ4n) is 2.12. The monoisotopic (exact) mass is 352 g/mol. The minimum absolute atomic E-state index is 0.547. The number of benzene rings is 2. The first kappa shape index (κ1) is 15.6. The fraction of sp³-hybridized carbons (Fsp3) is 0.294. The molecule has 0 aliphatic carbocycles. The van der Waals surface area contributed by atoms with Gasteiger partial charge in [-0.05, 0) is 57.1 Å². The topological polar surface area (TPSA) is 20.2 Å². The lowest BCUT2D eigenvalue weighted by molar-refractivity contribution is 0.220. The normalized spacial score (nSPS) is 14.1. The summed E-state index contributed by atoms with van der Waals surface area (Å²) in [5.41, 5.74) is 3.03. The van der Waals surface area contributed by atoms with Gasteiger partial charge in [-0.25, -0.2) is 0 Å². The highest BCUT2D eigenvalue weighted by Crippen LogP contribution is 2.30. The molecular formula is C17H18BrClO. The first-order chi connectivity index (χ1) is 9.52. The molecule has 0 fully saturated rings. The Labute approximate surface area is 133 Å². The van der Waals surface area contributed by atoms with Gasteiger partial charge < -0.3 is 5.11 Å². The van der Waals surface area contributed by atoms with Crippen LogP contribution in [0.1, 0.15) is 49.0 Å². The Bertz CT molecular complexity index is 580. The van der Waals surface area contributed by atoms with Gasteiger partial charge in [0, 0.05) is 4.47 Å². The Morgan fingerprint density at radius 3 is 2.15 bits per heavy atom. The molecule has 2 unspecified atom stereocenters. The molecule has 3 heteroatoms. The Kier molecular flexibility index (Phi) is 5.25. The number of hydrogen-bond donors (Lipinski definition) is 1. The van der Waals surface area contributed by atoms with E-state index in [1.54, 1.807) is 6.07 Å². The molecule has 0 bridgehead atoms. The van der Waals surface area contributed by atoms with Gasteiger partial charge in [0.15, 0.2) is 0 Å². The summed E-state index contributed by atoms with van der Waals surface area (Å²) in [4.78, 5) is 0. The van der Waals surface area contributed by atoms with Crippen LogP contribution in [0.15, 0.2) is 46.9 Å². The molecule has 2 atom stereocenters. The summed E-state index contributed by atoms with van der Waals surface area (Å²) in [6.45, 7) is 4.39. The molecule has 0 spiro atoms. The van der Waals surface area contributed by atoms with Gasteiger partial charge in [-0.3, -0.25) is 0 Å². The standard InChI is InChI=1S/C17H18BrClO/c1-3-11(2)12-4-6-13(7-5-12)17(20)14-8-9-16(19)15(18)10-14/h4-11,17,20H,3H2,1-2H3. The molecule has 0 aliphatic rings. The number of aliphatic hydroxyl groups excluding tert-OH is 1. The first-order valence-corrected chi connectivity index (χ1v) is 7.93. The van der Waals surface area contributed by atoms with Crippen LogP contribution in [0.2, 0.25) is 5.02 Å². The van der Waals surface area contributed by atoms with Crippen LogP contribution >= 0.6 is 27.5 Å². The lowest BCUT2D eigenvalue weighted by atomic mass is 9.95. The molecule has 20 heavy (non-hydrogen) atoms. The Hall–Kier alpha value is -0.830. The van der Waals surface area contributed by atoms with Gasteiger partial charge in [0.05, 0.1) is 5.02 Å². The molecule has 1 nitrogen and oxygen atoms in total. The predicted molar refractivity (Wildman–Crippen MR) is 88.4 cm³/mol. The third-order valence-electron chi connectivity index (χ3n) is 3.69. The summed E-state index contributed by atoms with van der Waals surface area (Å²) in [5, 5.41) is 11.1. The third kappa shape index (κ3) is 3.43. The second-order valence-electron chi connectivity index (χ2n) is 5.05. The van der Waals surface area contributed by atoms with Crippen molar-refractivity contribution in [3.8, 4) is 0 Å². The van der Waals surface area contributed by atoms with E-state index >= 15 is 0 Å². The van der Waals surface area contributed by atoms with Crippen molar-refractivity contribution < 1.29 is 5.11 Å². The van der Waals surface area contributed by atoms with E-state index in [1.165, 1.54) is 5.56 Å². The highest BCUT2D eigenvalue weighted by atomic mass is 79.9. The van der Waals surface area contributed by atoms with Crippen LogP contribution in [0, 0.1) is 0 Å². The summed E-state index contributed by atoms with van der Waals surface area (Å²) in [5.74, 6) is 0.547. The number of rotatable bonds is 4. The van der Waals surface area contributed by atoms with Gasteiger partial charge in [-0.15, -0.1) is 0 Å². The van der Waals surface area contributed by atoms with E-state index in [1.807, 2.05) is 24.3 Å². The van der Waals surface area contributed by atoms with E-state index in [2.05, 4.69) is 41.9 Å². The van der Waals surface area contributed by atoms with E-state index in [9.17, 15) is 5.11 Å². The van der Waals surface area contributed by atoms with Crippen LogP contribution in [-0.4, -0.2) is 5.11 Å². The van der Waals surface area contributed by atoms with Crippen LogP contribution < -0.4 is 0 Å². The average molecular weight is 354 g/mol. The molecule has 2 aromatic rings. The molecule has 106 valence electrons. The SMILES string of the molecule is CCC(C)c1ccc(C(O)c2ccc(Cl)c(Br)c2)cc1.